The minimum absolute atomic E-state index is 0.0523. The maximum atomic E-state index is 11.5. The summed E-state index contributed by atoms with van der Waals surface area (Å²) < 4.78 is 0. The van der Waals surface area contributed by atoms with Crippen molar-refractivity contribution in [2.45, 2.75) is 43.6 Å². The van der Waals surface area contributed by atoms with Crippen LogP contribution in [0.2, 0.25) is 0 Å². The van der Waals surface area contributed by atoms with E-state index in [1.54, 1.807) is 0 Å². The first-order chi connectivity index (χ1) is 13.5. The second kappa shape index (κ2) is 7.44. The lowest BCUT2D eigenvalue weighted by Crippen LogP contribution is -2.44. The fraction of sp³-hybridized carbons (Fsp3) is 0.375. The lowest BCUT2D eigenvalue weighted by atomic mass is 9.70. The van der Waals surface area contributed by atoms with Gasteiger partial charge >= 0.3 is 5.97 Å². The third-order valence-corrected chi connectivity index (χ3v) is 6.56. The highest BCUT2D eigenvalue weighted by Crippen LogP contribution is 2.47. The summed E-state index contributed by atoms with van der Waals surface area (Å²) in [4.78, 5) is 17.4. The predicted molar refractivity (Wildman–Crippen MR) is 113 cm³/mol. The molecule has 1 fully saturated rings. The van der Waals surface area contributed by atoms with E-state index >= 15 is 0 Å². The number of carboxylic acids is 1. The molecule has 4 nitrogen and oxygen atoms in total. The molecule has 28 heavy (non-hydrogen) atoms. The van der Waals surface area contributed by atoms with Crippen LogP contribution < -0.4 is 0 Å². The Morgan fingerprint density at radius 1 is 1.07 bits per heavy atom. The Bertz CT molecular complexity index is 967. The number of nitrogens with zero attached hydrogens (tertiary/aromatic N) is 1. The Kier molecular flexibility index (Phi) is 4.98. The first kappa shape index (κ1) is 18.8. The van der Waals surface area contributed by atoms with Crippen LogP contribution in [-0.2, 0) is 16.8 Å². The molecule has 2 N–H and O–H groups in total. The van der Waals surface area contributed by atoms with Gasteiger partial charge in [-0.05, 0) is 62.9 Å². The first-order valence-electron chi connectivity index (χ1n) is 10.1. The predicted octanol–water partition coefficient (Wildman–Crippen LogP) is 4.91. The number of rotatable bonds is 5. The van der Waals surface area contributed by atoms with Gasteiger partial charge in [-0.2, -0.15) is 0 Å². The summed E-state index contributed by atoms with van der Waals surface area (Å²) in [6, 6.07) is 18.8. The van der Waals surface area contributed by atoms with Crippen molar-refractivity contribution in [1.82, 2.24) is 9.88 Å². The van der Waals surface area contributed by atoms with Gasteiger partial charge in [0.2, 0.25) is 0 Å². The van der Waals surface area contributed by atoms with E-state index in [4.69, 9.17) is 0 Å². The summed E-state index contributed by atoms with van der Waals surface area (Å²) in [5.41, 5.74) is 4.56. The van der Waals surface area contributed by atoms with Gasteiger partial charge in [-0.15, -0.1) is 0 Å². The Balaban J connectivity index is 1.66. The van der Waals surface area contributed by atoms with Gasteiger partial charge in [-0.25, -0.2) is 0 Å². The van der Waals surface area contributed by atoms with E-state index in [0.717, 1.165) is 47.8 Å². The molecule has 4 rings (SSSR count). The number of carboxylic acid groups (broad SMARTS) is 1. The molecule has 3 aromatic rings. The summed E-state index contributed by atoms with van der Waals surface area (Å²) in [5, 5.41) is 10.5. The van der Waals surface area contributed by atoms with Crippen molar-refractivity contribution in [3.63, 3.8) is 0 Å². The fourth-order valence-electron chi connectivity index (χ4n) is 5.04. The Labute approximate surface area is 166 Å². The highest BCUT2D eigenvalue weighted by Gasteiger charge is 2.39. The highest BCUT2D eigenvalue weighted by atomic mass is 16.4. The van der Waals surface area contributed by atoms with E-state index in [0.29, 0.717) is 5.92 Å². The molecule has 0 amide bonds. The third kappa shape index (κ3) is 3.22. The monoisotopic (exact) mass is 376 g/mol. The normalized spacial score (nSPS) is 22.6. The molecular weight excluding hydrogens is 348 g/mol. The molecule has 1 aromatic heterocycles. The molecule has 2 aromatic carbocycles. The van der Waals surface area contributed by atoms with Gasteiger partial charge in [0.05, 0.1) is 6.42 Å². The first-order valence-corrected chi connectivity index (χ1v) is 10.1. The fourth-order valence-corrected chi connectivity index (χ4v) is 5.04. The van der Waals surface area contributed by atoms with Gasteiger partial charge in [0.1, 0.15) is 0 Å². The number of H-pyrrole nitrogens is 1. The molecular formula is C24H28N2O2. The molecule has 0 unspecified atom stereocenters. The zero-order chi connectivity index (χ0) is 19.7. The van der Waals surface area contributed by atoms with Gasteiger partial charge in [0, 0.05) is 22.1 Å². The number of nitrogens with one attached hydrogen (secondary N) is 1. The summed E-state index contributed by atoms with van der Waals surface area (Å²) in [6.07, 6.45) is 4.31. The summed E-state index contributed by atoms with van der Waals surface area (Å²) in [6.45, 7) is 0. The van der Waals surface area contributed by atoms with E-state index in [9.17, 15) is 9.90 Å². The number of aromatic nitrogens is 1. The molecule has 0 radical (unpaired) electrons. The van der Waals surface area contributed by atoms with Crippen LogP contribution in [0.25, 0.3) is 10.9 Å². The molecule has 0 atom stereocenters. The smallest absolute Gasteiger partial charge is 0.307 e. The Hall–Kier alpha value is -2.59. The van der Waals surface area contributed by atoms with E-state index in [1.807, 2.05) is 24.3 Å². The summed E-state index contributed by atoms with van der Waals surface area (Å²) in [7, 11) is 4.35. The number of aliphatic carboxylic acids is 1. The summed E-state index contributed by atoms with van der Waals surface area (Å²) >= 11 is 0. The van der Waals surface area contributed by atoms with Crippen LogP contribution in [0.3, 0.4) is 0 Å². The average molecular weight is 377 g/mol. The zero-order valence-corrected chi connectivity index (χ0v) is 16.6. The van der Waals surface area contributed by atoms with Crippen LogP contribution in [0.1, 0.15) is 48.4 Å². The number of hydrogen-bond acceptors (Lipinski definition) is 2. The number of hydrogen-bond donors (Lipinski definition) is 2. The zero-order valence-electron chi connectivity index (χ0n) is 16.6. The average Bonchev–Trinajstić information content (AvgIpc) is 3.06. The molecule has 146 valence electrons. The van der Waals surface area contributed by atoms with Crippen molar-refractivity contribution in [3.8, 4) is 0 Å². The van der Waals surface area contributed by atoms with Crippen LogP contribution in [0.4, 0.5) is 0 Å². The van der Waals surface area contributed by atoms with Crippen molar-refractivity contribution in [2.24, 2.45) is 0 Å². The van der Waals surface area contributed by atoms with Gasteiger partial charge in [-0.1, -0.05) is 48.5 Å². The van der Waals surface area contributed by atoms with E-state index in [1.165, 1.54) is 5.56 Å². The number of aromatic amines is 1. The molecule has 0 spiro atoms. The maximum absolute atomic E-state index is 11.5. The van der Waals surface area contributed by atoms with Gasteiger partial charge in [0.15, 0.2) is 0 Å². The van der Waals surface area contributed by atoms with Crippen molar-refractivity contribution in [1.29, 1.82) is 0 Å². The second-order valence-electron chi connectivity index (χ2n) is 8.20. The Morgan fingerprint density at radius 3 is 2.36 bits per heavy atom. The van der Waals surface area contributed by atoms with Gasteiger partial charge < -0.3 is 10.1 Å². The number of para-hydroxylation sites is 1. The quantitative estimate of drug-likeness (QED) is 0.665. The van der Waals surface area contributed by atoms with Gasteiger partial charge in [-0.3, -0.25) is 9.69 Å². The molecule has 1 aliphatic carbocycles. The number of benzene rings is 2. The largest absolute Gasteiger partial charge is 0.481 e. The molecule has 1 heterocycles. The van der Waals surface area contributed by atoms with Crippen LogP contribution in [0, 0.1) is 0 Å². The molecule has 1 aliphatic rings. The molecule has 1 saturated carbocycles. The lowest BCUT2D eigenvalue weighted by Gasteiger charge is -2.45. The van der Waals surface area contributed by atoms with Gasteiger partial charge in [0.25, 0.3) is 0 Å². The van der Waals surface area contributed by atoms with Crippen molar-refractivity contribution in [2.75, 3.05) is 14.1 Å². The van der Waals surface area contributed by atoms with Crippen LogP contribution in [0.5, 0.6) is 0 Å². The van der Waals surface area contributed by atoms with Crippen LogP contribution >= 0.6 is 0 Å². The second-order valence-corrected chi connectivity index (χ2v) is 8.20. The van der Waals surface area contributed by atoms with Crippen LogP contribution in [0.15, 0.2) is 54.6 Å². The van der Waals surface area contributed by atoms with E-state index in [-0.39, 0.29) is 12.0 Å². The minimum Gasteiger partial charge on any atom is -0.481 e. The summed E-state index contributed by atoms with van der Waals surface area (Å²) in [5.74, 6) is -0.396. The SMILES string of the molecule is CN(C)C1(c2ccccc2)CCC(c2[nH]c3ccccc3c2CC(=O)O)CC1. The molecule has 4 heteroatoms. The van der Waals surface area contributed by atoms with Crippen molar-refractivity contribution < 1.29 is 9.90 Å². The molecule has 0 aliphatic heterocycles. The van der Waals surface area contributed by atoms with Crippen LogP contribution in [-0.4, -0.2) is 35.1 Å². The van der Waals surface area contributed by atoms with Crippen molar-refractivity contribution >= 4 is 16.9 Å². The topological polar surface area (TPSA) is 56.3 Å². The molecule has 0 saturated heterocycles. The van der Waals surface area contributed by atoms with Crippen molar-refractivity contribution in [3.05, 3.63) is 71.4 Å². The number of carbonyl (C=O) groups is 1. The highest BCUT2D eigenvalue weighted by molar-refractivity contribution is 5.88. The third-order valence-electron chi connectivity index (χ3n) is 6.56. The Morgan fingerprint density at radius 2 is 1.71 bits per heavy atom. The van der Waals surface area contributed by atoms with E-state index in [2.05, 4.69) is 54.3 Å². The van der Waals surface area contributed by atoms with E-state index < -0.39 is 5.97 Å². The minimum atomic E-state index is -0.770. The number of fused-ring (bicyclic) bond motifs is 1. The standard InChI is InChI=1S/C24H28N2O2/c1-26(2)24(18-8-4-3-5-9-18)14-12-17(13-15-24)23-20(16-22(27)28)19-10-6-7-11-21(19)25-23/h3-11,17,25H,12-16H2,1-2H3,(H,27,28). The molecule has 0 bridgehead atoms. The maximum Gasteiger partial charge on any atom is 0.307 e. The lowest BCUT2D eigenvalue weighted by molar-refractivity contribution is -0.136.